The summed E-state index contributed by atoms with van der Waals surface area (Å²) in [4.78, 5) is 0. The molecule has 2 rings (SSSR count). The first-order valence-electron chi connectivity index (χ1n) is 11.1. The second-order valence-corrected chi connectivity index (χ2v) is 12.6. The Kier molecular flexibility index (Phi) is 8.21. The Morgan fingerprint density at radius 3 is 1.42 bits per heavy atom. The van der Waals surface area contributed by atoms with Gasteiger partial charge in [0, 0.05) is 13.7 Å². The van der Waals surface area contributed by atoms with Gasteiger partial charge in [-0.1, -0.05) is 54.4 Å². The summed E-state index contributed by atoms with van der Waals surface area (Å²) in [6.45, 7) is 16.2. The monoisotopic (exact) mass is 384 g/mol. The van der Waals surface area contributed by atoms with Gasteiger partial charge in [-0.3, -0.25) is 0 Å². The van der Waals surface area contributed by atoms with Crippen LogP contribution in [-0.4, -0.2) is 28.1 Å². The Labute approximate surface area is 163 Å². The fraction of sp³-hybridized carbons (Fsp3) is 1.00. The van der Waals surface area contributed by atoms with Crippen molar-refractivity contribution in [3.63, 3.8) is 0 Å². The lowest BCUT2D eigenvalue weighted by atomic mass is 9.75. The molecule has 0 amide bonds. The smallest absolute Gasteiger partial charge is 0.377 e. The molecule has 2 aliphatic carbocycles. The molecule has 0 saturated heterocycles. The van der Waals surface area contributed by atoms with Crippen molar-refractivity contribution in [3.8, 4) is 0 Å². The van der Waals surface area contributed by atoms with Gasteiger partial charge in [0.1, 0.15) is 0 Å². The van der Waals surface area contributed by atoms with Crippen molar-refractivity contribution in [1.82, 2.24) is 0 Å². The van der Waals surface area contributed by atoms with Crippen LogP contribution in [0.3, 0.4) is 0 Å². The molecule has 0 heterocycles. The van der Waals surface area contributed by atoms with E-state index < -0.39 is 8.80 Å². The first-order chi connectivity index (χ1) is 12.1. The molecule has 0 bridgehead atoms. The molecule has 2 saturated carbocycles. The van der Waals surface area contributed by atoms with Crippen molar-refractivity contribution in [3.05, 3.63) is 0 Å². The van der Waals surface area contributed by atoms with Crippen molar-refractivity contribution in [2.75, 3.05) is 7.11 Å². The molecule has 2 aliphatic rings. The van der Waals surface area contributed by atoms with Crippen molar-refractivity contribution in [2.24, 2.45) is 35.5 Å². The molecular weight excluding hydrogens is 340 g/mol. The molecule has 0 N–H and O–H groups in total. The predicted octanol–water partition coefficient (Wildman–Crippen LogP) is 6.16. The molecule has 4 heteroatoms. The van der Waals surface area contributed by atoms with Gasteiger partial charge in [-0.25, -0.2) is 0 Å². The topological polar surface area (TPSA) is 27.7 Å². The molecule has 0 aromatic rings. The Balaban J connectivity index is 2.10. The Morgan fingerprint density at radius 2 is 1.12 bits per heavy atom. The summed E-state index contributed by atoms with van der Waals surface area (Å²) in [5.74, 6) is 4.04. The lowest BCUT2D eigenvalue weighted by Crippen LogP contribution is -2.52. The van der Waals surface area contributed by atoms with E-state index in [1.165, 1.54) is 25.7 Å². The van der Waals surface area contributed by atoms with E-state index in [2.05, 4.69) is 48.1 Å². The van der Waals surface area contributed by atoms with E-state index in [0.29, 0.717) is 23.7 Å². The maximum atomic E-state index is 6.73. The van der Waals surface area contributed by atoms with E-state index in [9.17, 15) is 0 Å². The average Bonchev–Trinajstić information content (AvgIpc) is 2.54. The maximum Gasteiger partial charge on any atom is 0.497 e. The highest BCUT2D eigenvalue weighted by molar-refractivity contribution is 6.59. The van der Waals surface area contributed by atoms with E-state index in [1.54, 1.807) is 7.11 Å². The molecule has 154 valence electrons. The van der Waals surface area contributed by atoms with Gasteiger partial charge in [-0.15, -0.1) is 0 Å². The maximum absolute atomic E-state index is 6.73. The summed E-state index contributed by atoms with van der Waals surface area (Å²) in [6.07, 6.45) is 8.05. The van der Waals surface area contributed by atoms with Crippen LogP contribution in [0.25, 0.3) is 0 Å². The third-order valence-electron chi connectivity index (χ3n) is 7.02. The molecule has 0 aliphatic heterocycles. The highest BCUT2D eigenvalue weighted by Gasteiger charge is 2.45. The minimum Gasteiger partial charge on any atom is -0.377 e. The zero-order valence-electron chi connectivity index (χ0n) is 18.6. The Morgan fingerprint density at radius 1 is 0.731 bits per heavy atom. The summed E-state index contributed by atoms with van der Waals surface area (Å²) in [5.41, 5.74) is 0. The van der Waals surface area contributed by atoms with Crippen molar-refractivity contribution in [2.45, 2.75) is 98.8 Å². The molecule has 0 spiro atoms. The van der Waals surface area contributed by atoms with Crippen LogP contribution in [0.15, 0.2) is 0 Å². The summed E-state index contributed by atoms with van der Waals surface area (Å²) in [6, 6.07) is 0. The van der Waals surface area contributed by atoms with Gasteiger partial charge >= 0.3 is 8.80 Å². The fourth-order valence-electron chi connectivity index (χ4n) is 5.17. The van der Waals surface area contributed by atoms with Crippen molar-refractivity contribution >= 4 is 8.80 Å². The van der Waals surface area contributed by atoms with Crippen molar-refractivity contribution < 1.29 is 13.3 Å². The molecule has 0 aromatic carbocycles. The third kappa shape index (κ3) is 5.80. The molecule has 4 unspecified atom stereocenters. The SMILES string of the molecule is CO[Si](C)(OC1CC(C)CCC1C(C)C)O[C@@H]1C[C@@H](C)CC[C@@H]1C(C)C. The highest BCUT2D eigenvalue weighted by atomic mass is 28.4. The molecular formula is C22H44O3Si. The van der Waals surface area contributed by atoms with Crippen LogP contribution in [0.1, 0.15) is 80.1 Å². The van der Waals surface area contributed by atoms with Crippen molar-refractivity contribution in [1.29, 1.82) is 0 Å². The quantitative estimate of drug-likeness (QED) is 0.492. The standard InChI is InChI=1S/C22H44O3Si/c1-15(2)19-11-9-17(5)13-21(19)24-26(8,23-7)25-22-14-18(6)10-12-20(22)16(3)4/h15-22H,9-14H2,1-8H3/t17-,18?,19+,20?,21+,22?,26?/m0/s1. The van der Waals surface area contributed by atoms with Gasteiger partial charge in [0.05, 0.1) is 12.2 Å². The lowest BCUT2D eigenvalue weighted by Gasteiger charge is -2.44. The van der Waals surface area contributed by atoms with Gasteiger partial charge < -0.3 is 13.3 Å². The zero-order chi connectivity index (χ0) is 19.5. The summed E-state index contributed by atoms with van der Waals surface area (Å²) >= 11 is 0. The van der Waals surface area contributed by atoms with Crippen LogP contribution in [-0.2, 0) is 13.3 Å². The van der Waals surface area contributed by atoms with Crippen LogP contribution >= 0.6 is 0 Å². The summed E-state index contributed by atoms with van der Waals surface area (Å²) < 4.78 is 19.4. The molecule has 2 fully saturated rings. The largest absolute Gasteiger partial charge is 0.497 e. The van der Waals surface area contributed by atoms with Gasteiger partial charge in [-0.2, -0.15) is 0 Å². The minimum absolute atomic E-state index is 0.286. The van der Waals surface area contributed by atoms with Crippen LogP contribution in [0.5, 0.6) is 0 Å². The lowest BCUT2D eigenvalue weighted by molar-refractivity contribution is -0.0588. The molecule has 7 atom stereocenters. The summed E-state index contributed by atoms with van der Waals surface area (Å²) in [7, 11) is -0.842. The number of hydrogen-bond acceptors (Lipinski definition) is 3. The second kappa shape index (κ2) is 9.53. The average molecular weight is 385 g/mol. The fourth-order valence-corrected chi connectivity index (χ4v) is 7.06. The normalized spacial score (nSPS) is 38.5. The highest BCUT2D eigenvalue weighted by Crippen LogP contribution is 2.40. The van der Waals surface area contributed by atoms with Crippen LogP contribution < -0.4 is 0 Å². The van der Waals surface area contributed by atoms with Crippen LogP contribution in [0, 0.1) is 35.5 Å². The number of hydrogen-bond donors (Lipinski definition) is 0. The predicted molar refractivity (Wildman–Crippen MR) is 111 cm³/mol. The molecule has 0 aromatic heterocycles. The van der Waals surface area contributed by atoms with E-state index in [-0.39, 0.29) is 12.2 Å². The first-order valence-corrected chi connectivity index (χ1v) is 13.3. The summed E-state index contributed by atoms with van der Waals surface area (Å²) in [5, 5.41) is 0. The van der Waals surface area contributed by atoms with E-state index >= 15 is 0 Å². The number of rotatable bonds is 7. The molecule has 26 heavy (non-hydrogen) atoms. The van der Waals surface area contributed by atoms with Crippen LogP contribution in [0.2, 0.25) is 6.55 Å². The molecule has 3 nitrogen and oxygen atoms in total. The minimum atomic E-state index is -2.63. The zero-order valence-corrected chi connectivity index (χ0v) is 19.6. The van der Waals surface area contributed by atoms with Crippen LogP contribution in [0.4, 0.5) is 0 Å². The molecule has 0 radical (unpaired) electrons. The van der Waals surface area contributed by atoms with Gasteiger partial charge in [-0.05, 0) is 61.2 Å². The van der Waals surface area contributed by atoms with Gasteiger partial charge in [0.2, 0.25) is 0 Å². The second-order valence-electron chi connectivity index (χ2n) is 10.0. The van der Waals surface area contributed by atoms with E-state index in [1.807, 2.05) is 0 Å². The van der Waals surface area contributed by atoms with E-state index in [0.717, 1.165) is 24.7 Å². The van der Waals surface area contributed by atoms with Gasteiger partial charge in [0.25, 0.3) is 0 Å². The van der Waals surface area contributed by atoms with E-state index in [4.69, 9.17) is 13.3 Å². The van der Waals surface area contributed by atoms with Gasteiger partial charge in [0.15, 0.2) is 0 Å². The third-order valence-corrected chi connectivity index (χ3v) is 9.23. The Bertz CT molecular complexity index is 392. The Hall–Kier alpha value is 0.0969. The first kappa shape index (κ1) is 22.4.